The molecular weight excluding hydrogens is 358 g/mol. The van der Waals surface area contributed by atoms with Crippen molar-refractivity contribution in [2.75, 3.05) is 29.2 Å². The van der Waals surface area contributed by atoms with Crippen LogP contribution >= 0.6 is 0 Å². The number of carbonyl (C=O) groups excluding carboxylic acids is 1. The van der Waals surface area contributed by atoms with E-state index >= 15 is 0 Å². The third kappa shape index (κ3) is 3.94. The number of nitrogens with two attached hydrogens (primary N) is 1. The van der Waals surface area contributed by atoms with Crippen LogP contribution in [0.1, 0.15) is 12.8 Å². The summed E-state index contributed by atoms with van der Waals surface area (Å²) in [7, 11) is 0. The zero-order valence-corrected chi connectivity index (χ0v) is 15.2. The second-order valence-electron chi connectivity index (χ2n) is 6.45. The number of allylic oxidation sites excluding steroid dienone is 1. The predicted molar refractivity (Wildman–Crippen MR) is 108 cm³/mol. The standard InChI is InChI=1S/C19H21N7O2/c20-9-13(10-21-12-5-7-28-8-6-12)23-18-22-11-16-17(26-18)14-3-1-2-4-15(14)24-19(27)25-16/h1-4,9-12H,5-8,20H2,(H,22,23,26)(H2,24,25,27). The SMILES string of the molecule is NC=C(C=NC1CCOCC1)Nc1ncc2c(n1)-c1ccccc1NC(=O)N2. The summed E-state index contributed by atoms with van der Waals surface area (Å²) in [5, 5.41) is 8.63. The van der Waals surface area contributed by atoms with Gasteiger partial charge in [0.05, 0.1) is 29.3 Å². The third-order valence-electron chi connectivity index (χ3n) is 4.52. The number of urea groups is 1. The second kappa shape index (κ2) is 8.05. The van der Waals surface area contributed by atoms with Crippen LogP contribution in [-0.2, 0) is 4.74 Å². The summed E-state index contributed by atoms with van der Waals surface area (Å²) >= 11 is 0. The third-order valence-corrected chi connectivity index (χ3v) is 4.52. The first-order valence-corrected chi connectivity index (χ1v) is 9.07. The van der Waals surface area contributed by atoms with Gasteiger partial charge in [-0.3, -0.25) is 4.99 Å². The molecule has 1 fully saturated rings. The number of hydrogen-bond acceptors (Lipinski definition) is 7. The quantitative estimate of drug-likeness (QED) is 0.605. The summed E-state index contributed by atoms with van der Waals surface area (Å²) in [6, 6.07) is 7.36. The Morgan fingerprint density at radius 1 is 1.25 bits per heavy atom. The summed E-state index contributed by atoms with van der Waals surface area (Å²) in [5.41, 5.74) is 8.95. The average Bonchev–Trinajstić information content (AvgIpc) is 2.87. The van der Waals surface area contributed by atoms with Crippen LogP contribution in [0.4, 0.5) is 22.1 Å². The molecule has 2 amide bonds. The van der Waals surface area contributed by atoms with Gasteiger partial charge in [-0.25, -0.2) is 14.8 Å². The van der Waals surface area contributed by atoms with Crippen molar-refractivity contribution < 1.29 is 9.53 Å². The molecule has 0 spiro atoms. The van der Waals surface area contributed by atoms with E-state index < -0.39 is 0 Å². The highest BCUT2D eigenvalue weighted by Gasteiger charge is 2.20. The van der Waals surface area contributed by atoms with Gasteiger partial charge in [0.2, 0.25) is 5.95 Å². The molecule has 0 bridgehead atoms. The number of aromatic nitrogens is 2. The maximum absolute atomic E-state index is 12.0. The number of amides is 2. The number of benzene rings is 1. The van der Waals surface area contributed by atoms with Crippen LogP contribution in [0.5, 0.6) is 0 Å². The van der Waals surface area contributed by atoms with Gasteiger partial charge in [0, 0.05) is 31.2 Å². The van der Waals surface area contributed by atoms with Gasteiger partial charge in [-0.15, -0.1) is 0 Å². The number of ether oxygens (including phenoxy) is 1. The van der Waals surface area contributed by atoms with Crippen molar-refractivity contribution in [2.45, 2.75) is 18.9 Å². The van der Waals surface area contributed by atoms with Crippen molar-refractivity contribution in [2.24, 2.45) is 10.7 Å². The monoisotopic (exact) mass is 379 g/mol. The summed E-state index contributed by atoms with van der Waals surface area (Å²) in [6.07, 6.45) is 6.48. The molecule has 0 radical (unpaired) electrons. The Kier molecular flexibility index (Phi) is 5.16. The maximum atomic E-state index is 12.0. The van der Waals surface area contributed by atoms with Crippen LogP contribution in [-0.4, -0.2) is 41.5 Å². The van der Waals surface area contributed by atoms with E-state index in [1.807, 2.05) is 24.3 Å². The highest BCUT2D eigenvalue weighted by Crippen LogP contribution is 2.34. The van der Waals surface area contributed by atoms with Crippen LogP contribution in [0.25, 0.3) is 11.3 Å². The molecule has 3 heterocycles. The lowest BCUT2D eigenvalue weighted by atomic mass is 10.1. The van der Waals surface area contributed by atoms with Crippen LogP contribution in [0.3, 0.4) is 0 Å². The smallest absolute Gasteiger partial charge is 0.323 e. The number of aliphatic imine (C=N–C) groups is 1. The molecule has 4 rings (SSSR count). The van der Waals surface area contributed by atoms with E-state index in [9.17, 15) is 4.79 Å². The molecule has 2 aliphatic rings. The molecule has 1 aromatic heterocycles. The number of rotatable bonds is 4. The number of nitrogens with one attached hydrogen (secondary N) is 3. The number of fused-ring (bicyclic) bond motifs is 3. The fourth-order valence-electron chi connectivity index (χ4n) is 3.08. The molecule has 0 saturated carbocycles. The van der Waals surface area contributed by atoms with E-state index in [2.05, 4.69) is 30.9 Å². The summed E-state index contributed by atoms with van der Waals surface area (Å²) in [5.74, 6) is 0.361. The zero-order valence-electron chi connectivity index (χ0n) is 15.2. The largest absolute Gasteiger partial charge is 0.403 e. The Balaban J connectivity index is 1.58. The van der Waals surface area contributed by atoms with E-state index in [-0.39, 0.29) is 12.1 Å². The minimum atomic E-state index is -0.332. The lowest BCUT2D eigenvalue weighted by Crippen LogP contribution is -2.19. The molecule has 9 nitrogen and oxygen atoms in total. The Hall–Kier alpha value is -3.46. The number of hydrogen-bond donors (Lipinski definition) is 4. The number of nitrogens with zero attached hydrogens (tertiary/aromatic N) is 3. The molecule has 144 valence electrons. The summed E-state index contributed by atoms with van der Waals surface area (Å²) in [4.78, 5) is 25.4. The topological polar surface area (TPSA) is 127 Å². The van der Waals surface area contributed by atoms with Gasteiger partial charge in [0.15, 0.2) is 0 Å². The molecule has 2 aliphatic heterocycles. The van der Waals surface area contributed by atoms with Gasteiger partial charge in [0.1, 0.15) is 5.69 Å². The molecular formula is C19H21N7O2. The molecule has 5 N–H and O–H groups in total. The van der Waals surface area contributed by atoms with Gasteiger partial charge in [-0.1, -0.05) is 18.2 Å². The molecule has 28 heavy (non-hydrogen) atoms. The number of anilines is 3. The van der Waals surface area contributed by atoms with Crippen molar-refractivity contribution in [1.82, 2.24) is 9.97 Å². The molecule has 2 aromatic rings. The predicted octanol–water partition coefficient (Wildman–Crippen LogP) is 2.56. The Labute approximate surface area is 162 Å². The molecule has 1 aromatic carbocycles. The van der Waals surface area contributed by atoms with Gasteiger partial charge in [0.25, 0.3) is 0 Å². The van der Waals surface area contributed by atoms with E-state index in [1.54, 1.807) is 12.4 Å². The van der Waals surface area contributed by atoms with Crippen LogP contribution in [0.2, 0.25) is 0 Å². The number of para-hydroxylation sites is 1. The molecule has 9 heteroatoms. The van der Waals surface area contributed by atoms with Crippen molar-refractivity contribution >= 4 is 29.6 Å². The van der Waals surface area contributed by atoms with Gasteiger partial charge in [-0.2, -0.15) is 0 Å². The van der Waals surface area contributed by atoms with Crippen LogP contribution < -0.4 is 21.7 Å². The van der Waals surface area contributed by atoms with Crippen LogP contribution in [0, 0.1) is 0 Å². The van der Waals surface area contributed by atoms with E-state index in [0.29, 0.717) is 28.7 Å². The molecule has 0 unspecified atom stereocenters. The highest BCUT2D eigenvalue weighted by atomic mass is 16.5. The van der Waals surface area contributed by atoms with Crippen molar-refractivity contribution in [1.29, 1.82) is 0 Å². The van der Waals surface area contributed by atoms with Crippen molar-refractivity contribution in [3.63, 3.8) is 0 Å². The molecule has 1 saturated heterocycles. The first kappa shape index (κ1) is 17.9. The Bertz CT molecular complexity index is 936. The van der Waals surface area contributed by atoms with Crippen molar-refractivity contribution in [3.8, 4) is 11.3 Å². The first-order valence-electron chi connectivity index (χ1n) is 9.07. The minimum absolute atomic E-state index is 0.228. The molecule has 0 atom stereocenters. The average molecular weight is 379 g/mol. The second-order valence-corrected chi connectivity index (χ2v) is 6.45. The van der Waals surface area contributed by atoms with Gasteiger partial charge in [-0.05, 0) is 18.9 Å². The Morgan fingerprint density at radius 3 is 2.86 bits per heavy atom. The first-order chi connectivity index (χ1) is 13.7. The van der Waals surface area contributed by atoms with Crippen molar-refractivity contribution in [3.05, 3.63) is 42.4 Å². The summed E-state index contributed by atoms with van der Waals surface area (Å²) in [6.45, 7) is 1.45. The van der Waals surface area contributed by atoms with Crippen LogP contribution in [0.15, 0.2) is 47.4 Å². The molecule has 0 aliphatic carbocycles. The fraction of sp³-hybridized carbons (Fsp3) is 0.263. The zero-order chi connectivity index (χ0) is 19.3. The Morgan fingerprint density at radius 2 is 2.04 bits per heavy atom. The maximum Gasteiger partial charge on any atom is 0.323 e. The van der Waals surface area contributed by atoms with E-state index in [4.69, 9.17) is 10.5 Å². The lowest BCUT2D eigenvalue weighted by molar-refractivity contribution is 0.0872. The number of carbonyl (C=O) groups is 1. The highest BCUT2D eigenvalue weighted by molar-refractivity contribution is 6.07. The lowest BCUT2D eigenvalue weighted by Gasteiger charge is -2.18. The van der Waals surface area contributed by atoms with Gasteiger partial charge < -0.3 is 26.4 Å². The minimum Gasteiger partial charge on any atom is -0.403 e. The summed E-state index contributed by atoms with van der Waals surface area (Å²) < 4.78 is 5.34. The van der Waals surface area contributed by atoms with E-state index in [1.165, 1.54) is 6.20 Å². The normalized spacial score (nSPS) is 17.3. The van der Waals surface area contributed by atoms with E-state index in [0.717, 1.165) is 31.6 Å². The van der Waals surface area contributed by atoms with Gasteiger partial charge >= 0.3 is 6.03 Å². The fourth-order valence-corrected chi connectivity index (χ4v) is 3.08.